The maximum atomic E-state index is 6.12. The van der Waals surface area contributed by atoms with Crippen LogP contribution in [0, 0.1) is 0 Å². The van der Waals surface area contributed by atoms with Gasteiger partial charge >= 0.3 is 0 Å². The molecule has 0 spiro atoms. The van der Waals surface area contributed by atoms with Gasteiger partial charge in [-0.15, -0.1) is 0 Å². The van der Waals surface area contributed by atoms with Crippen molar-refractivity contribution in [3.05, 3.63) is 53.6 Å². The molecule has 23 heavy (non-hydrogen) atoms. The molecule has 1 saturated heterocycles. The molecule has 1 aromatic rings. The number of likely N-dealkylation sites (tertiary alicyclic amines) is 1. The second-order valence-corrected chi connectivity index (χ2v) is 6.78. The van der Waals surface area contributed by atoms with Crippen LogP contribution < -0.4 is 4.74 Å². The summed E-state index contributed by atoms with van der Waals surface area (Å²) in [7, 11) is 2.23. The van der Waals surface area contributed by atoms with Crippen molar-refractivity contribution in [1.29, 1.82) is 0 Å². The van der Waals surface area contributed by atoms with Crippen molar-refractivity contribution < 1.29 is 4.74 Å². The molecular formula is C21H29NO. The maximum Gasteiger partial charge on any atom is 0.122 e. The van der Waals surface area contributed by atoms with Crippen LogP contribution in [0.1, 0.15) is 44.1 Å². The Hall–Kier alpha value is -1.54. The smallest absolute Gasteiger partial charge is 0.122 e. The number of ether oxygens (including phenoxy) is 1. The minimum Gasteiger partial charge on any atom is -0.493 e. The fourth-order valence-electron chi connectivity index (χ4n) is 3.63. The number of para-hydroxylation sites is 1. The van der Waals surface area contributed by atoms with Gasteiger partial charge in [0.2, 0.25) is 0 Å². The van der Waals surface area contributed by atoms with E-state index in [-0.39, 0.29) is 0 Å². The van der Waals surface area contributed by atoms with E-state index >= 15 is 0 Å². The van der Waals surface area contributed by atoms with Crippen LogP contribution in [0.5, 0.6) is 5.75 Å². The zero-order valence-electron chi connectivity index (χ0n) is 14.3. The minimum atomic E-state index is 0.708. The maximum absolute atomic E-state index is 6.12. The third-order valence-corrected chi connectivity index (χ3v) is 5.11. The molecule has 0 amide bonds. The Kier molecular flexibility index (Phi) is 5.93. The summed E-state index contributed by atoms with van der Waals surface area (Å²) in [5.41, 5.74) is 2.81. The van der Waals surface area contributed by atoms with Gasteiger partial charge in [0.1, 0.15) is 5.75 Å². The molecule has 0 saturated carbocycles. The van der Waals surface area contributed by atoms with Crippen LogP contribution in [0.3, 0.4) is 0 Å². The van der Waals surface area contributed by atoms with E-state index in [0.717, 1.165) is 31.6 Å². The second kappa shape index (κ2) is 8.35. The first-order valence-corrected chi connectivity index (χ1v) is 9.09. The summed E-state index contributed by atoms with van der Waals surface area (Å²) < 4.78 is 6.12. The van der Waals surface area contributed by atoms with E-state index in [4.69, 9.17) is 4.74 Å². The first kappa shape index (κ1) is 16.3. The van der Waals surface area contributed by atoms with Crippen molar-refractivity contribution in [1.82, 2.24) is 4.90 Å². The molecular weight excluding hydrogens is 282 g/mol. The molecule has 1 aliphatic heterocycles. The predicted octanol–water partition coefficient (Wildman–Crippen LogP) is 4.76. The Morgan fingerprint density at radius 3 is 2.87 bits per heavy atom. The van der Waals surface area contributed by atoms with Gasteiger partial charge in [0.25, 0.3) is 0 Å². The van der Waals surface area contributed by atoms with Gasteiger partial charge in [-0.1, -0.05) is 42.0 Å². The van der Waals surface area contributed by atoms with Crippen molar-refractivity contribution >= 4 is 0 Å². The van der Waals surface area contributed by atoms with E-state index < -0.39 is 0 Å². The van der Waals surface area contributed by atoms with Gasteiger partial charge in [-0.05, 0) is 70.2 Å². The number of nitrogens with zero attached hydrogens (tertiary/aromatic N) is 1. The average molecular weight is 311 g/mol. The third kappa shape index (κ3) is 4.71. The molecule has 1 heterocycles. The van der Waals surface area contributed by atoms with E-state index in [2.05, 4.69) is 54.4 Å². The molecule has 2 aliphatic rings. The van der Waals surface area contributed by atoms with Gasteiger partial charge in [0.05, 0.1) is 6.61 Å². The normalized spacial score (nSPS) is 21.4. The van der Waals surface area contributed by atoms with Gasteiger partial charge in [-0.2, -0.15) is 0 Å². The first-order chi connectivity index (χ1) is 11.3. The van der Waals surface area contributed by atoms with Crippen molar-refractivity contribution in [2.24, 2.45) is 0 Å². The number of allylic oxidation sites excluding steroid dienone is 4. The van der Waals surface area contributed by atoms with Crippen LogP contribution in [-0.2, 0) is 6.42 Å². The van der Waals surface area contributed by atoms with Crippen LogP contribution in [-0.4, -0.2) is 31.1 Å². The highest BCUT2D eigenvalue weighted by molar-refractivity contribution is 5.35. The summed E-state index contributed by atoms with van der Waals surface area (Å²) in [4.78, 5) is 2.47. The van der Waals surface area contributed by atoms with E-state index in [0.29, 0.717) is 6.04 Å². The average Bonchev–Trinajstić information content (AvgIpc) is 3.00. The summed E-state index contributed by atoms with van der Waals surface area (Å²) in [5, 5.41) is 0. The highest BCUT2D eigenvalue weighted by Crippen LogP contribution is 2.24. The minimum absolute atomic E-state index is 0.708. The molecule has 1 fully saturated rings. The lowest BCUT2D eigenvalue weighted by molar-refractivity contribution is 0.232. The van der Waals surface area contributed by atoms with E-state index in [1.807, 2.05) is 0 Å². The van der Waals surface area contributed by atoms with E-state index in [9.17, 15) is 0 Å². The molecule has 2 heteroatoms. The molecule has 2 nitrogen and oxygen atoms in total. The Morgan fingerprint density at radius 2 is 2.09 bits per heavy atom. The van der Waals surface area contributed by atoms with Crippen molar-refractivity contribution in [3.8, 4) is 5.75 Å². The number of aryl methyl sites for hydroxylation is 1. The Morgan fingerprint density at radius 1 is 1.17 bits per heavy atom. The molecule has 0 bridgehead atoms. The van der Waals surface area contributed by atoms with Crippen LogP contribution in [0.15, 0.2) is 48.1 Å². The summed E-state index contributed by atoms with van der Waals surface area (Å²) in [6.07, 6.45) is 15.3. The highest BCUT2D eigenvalue weighted by atomic mass is 16.5. The van der Waals surface area contributed by atoms with Crippen molar-refractivity contribution in [2.45, 2.75) is 51.0 Å². The lowest BCUT2D eigenvalue weighted by Crippen LogP contribution is -2.26. The quantitative estimate of drug-likeness (QED) is 0.720. The van der Waals surface area contributed by atoms with Crippen LogP contribution >= 0.6 is 0 Å². The Bertz CT molecular complexity index is 561. The lowest BCUT2D eigenvalue weighted by Gasteiger charge is -2.20. The molecule has 124 valence electrons. The molecule has 0 radical (unpaired) electrons. The number of benzene rings is 1. The summed E-state index contributed by atoms with van der Waals surface area (Å²) in [5.74, 6) is 1.08. The summed E-state index contributed by atoms with van der Waals surface area (Å²) in [6, 6.07) is 9.25. The summed E-state index contributed by atoms with van der Waals surface area (Å²) in [6.45, 7) is 2.07. The number of hydrogen-bond donors (Lipinski definition) is 0. The molecule has 1 unspecified atom stereocenters. The molecule has 3 rings (SSSR count). The monoisotopic (exact) mass is 311 g/mol. The standard InChI is InChI=1S/C21H29NO/c1-22-16-7-11-20(22)15-17-23-21-12-6-5-10-19(21)14-13-18-8-3-2-4-9-18/h3,5-6,8-10,12,20H,2,4,7,11,13-17H2,1H3. The molecule has 1 aliphatic carbocycles. The predicted molar refractivity (Wildman–Crippen MR) is 97.0 cm³/mol. The van der Waals surface area contributed by atoms with Gasteiger partial charge in [0, 0.05) is 6.04 Å². The number of hydrogen-bond acceptors (Lipinski definition) is 2. The molecule has 0 N–H and O–H groups in total. The SMILES string of the molecule is CN1CCCC1CCOc1ccccc1CCC1=CCCC=C1. The van der Waals surface area contributed by atoms with Gasteiger partial charge < -0.3 is 9.64 Å². The van der Waals surface area contributed by atoms with Crippen molar-refractivity contribution in [2.75, 3.05) is 20.2 Å². The Balaban J connectivity index is 1.50. The lowest BCUT2D eigenvalue weighted by atomic mass is 9.99. The van der Waals surface area contributed by atoms with Gasteiger partial charge in [0.15, 0.2) is 0 Å². The Labute approximate surface area is 140 Å². The zero-order valence-corrected chi connectivity index (χ0v) is 14.3. The number of rotatable bonds is 7. The molecule has 0 aromatic heterocycles. The first-order valence-electron chi connectivity index (χ1n) is 9.09. The third-order valence-electron chi connectivity index (χ3n) is 5.11. The van der Waals surface area contributed by atoms with Gasteiger partial charge in [-0.3, -0.25) is 0 Å². The highest BCUT2D eigenvalue weighted by Gasteiger charge is 2.20. The molecule has 1 atom stereocenters. The van der Waals surface area contributed by atoms with Crippen LogP contribution in [0.25, 0.3) is 0 Å². The zero-order chi connectivity index (χ0) is 15.9. The van der Waals surface area contributed by atoms with E-state index in [1.165, 1.54) is 43.4 Å². The van der Waals surface area contributed by atoms with Crippen LogP contribution in [0.2, 0.25) is 0 Å². The topological polar surface area (TPSA) is 12.5 Å². The fourth-order valence-corrected chi connectivity index (χ4v) is 3.63. The van der Waals surface area contributed by atoms with Gasteiger partial charge in [-0.25, -0.2) is 0 Å². The second-order valence-electron chi connectivity index (χ2n) is 6.78. The van der Waals surface area contributed by atoms with Crippen molar-refractivity contribution in [3.63, 3.8) is 0 Å². The fraction of sp³-hybridized carbons (Fsp3) is 0.524. The van der Waals surface area contributed by atoms with E-state index in [1.54, 1.807) is 0 Å². The molecule has 1 aromatic carbocycles. The van der Waals surface area contributed by atoms with Crippen LogP contribution in [0.4, 0.5) is 0 Å². The largest absolute Gasteiger partial charge is 0.493 e. The summed E-state index contributed by atoms with van der Waals surface area (Å²) >= 11 is 0.